The number of esters is 1. The quantitative estimate of drug-likeness (QED) is 0.675. The zero-order chi connectivity index (χ0) is 10.0. The summed E-state index contributed by atoms with van der Waals surface area (Å²) in [6.07, 6.45) is 0. The van der Waals surface area contributed by atoms with Crippen LogP contribution in [0.3, 0.4) is 0 Å². The number of aryl methyl sites for hydroxylation is 1. The summed E-state index contributed by atoms with van der Waals surface area (Å²) in [6.45, 7) is 1.86. The second-order valence-electron chi connectivity index (χ2n) is 2.79. The van der Waals surface area contributed by atoms with Crippen molar-refractivity contribution < 1.29 is 9.53 Å². The van der Waals surface area contributed by atoms with Gasteiger partial charge in [-0.2, -0.15) is 0 Å². The standard InChI is InChI=1S/C8H12N2O2S/c1-5-6(7(11)12-4)9-8(13-5)10(2)3/h1-4H3. The van der Waals surface area contributed by atoms with Gasteiger partial charge in [0.15, 0.2) is 10.8 Å². The maximum Gasteiger partial charge on any atom is 0.357 e. The van der Waals surface area contributed by atoms with Gasteiger partial charge in [-0.1, -0.05) is 0 Å². The van der Waals surface area contributed by atoms with Crippen molar-refractivity contribution in [3.63, 3.8) is 0 Å². The Morgan fingerprint density at radius 2 is 2.15 bits per heavy atom. The van der Waals surface area contributed by atoms with Gasteiger partial charge in [-0.25, -0.2) is 9.78 Å². The number of rotatable bonds is 2. The van der Waals surface area contributed by atoms with Crippen molar-refractivity contribution in [2.75, 3.05) is 26.1 Å². The molecular formula is C8H12N2O2S. The topological polar surface area (TPSA) is 42.4 Å². The summed E-state index contributed by atoms with van der Waals surface area (Å²) in [6, 6.07) is 0. The largest absolute Gasteiger partial charge is 0.464 e. The van der Waals surface area contributed by atoms with E-state index in [0.29, 0.717) is 5.69 Å². The molecule has 0 amide bonds. The van der Waals surface area contributed by atoms with E-state index in [0.717, 1.165) is 10.0 Å². The smallest absolute Gasteiger partial charge is 0.357 e. The normalized spacial score (nSPS) is 9.85. The molecule has 0 radical (unpaired) electrons. The minimum Gasteiger partial charge on any atom is -0.464 e. The van der Waals surface area contributed by atoms with E-state index in [9.17, 15) is 4.79 Å². The van der Waals surface area contributed by atoms with E-state index in [-0.39, 0.29) is 5.97 Å². The molecule has 0 aliphatic carbocycles. The van der Waals surface area contributed by atoms with E-state index in [4.69, 9.17) is 0 Å². The van der Waals surface area contributed by atoms with Crippen LogP contribution in [-0.2, 0) is 4.74 Å². The van der Waals surface area contributed by atoms with Crippen LogP contribution in [-0.4, -0.2) is 32.2 Å². The average molecular weight is 200 g/mol. The first-order chi connectivity index (χ1) is 6.06. The predicted molar refractivity (Wildman–Crippen MR) is 52.5 cm³/mol. The first-order valence-electron chi connectivity index (χ1n) is 3.79. The van der Waals surface area contributed by atoms with Gasteiger partial charge in [0.25, 0.3) is 0 Å². The van der Waals surface area contributed by atoms with Gasteiger partial charge in [0.2, 0.25) is 0 Å². The van der Waals surface area contributed by atoms with Crippen molar-refractivity contribution in [2.24, 2.45) is 0 Å². The molecule has 1 heterocycles. The fraction of sp³-hybridized carbons (Fsp3) is 0.500. The molecule has 5 heteroatoms. The number of anilines is 1. The minimum absolute atomic E-state index is 0.373. The Kier molecular flexibility index (Phi) is 2.87. The molecule has 0 spiro atoms. The lowest BCUT2D eigenvalue weighted by Gasteiger charge is -2.05. The van der Waals surface area contributed by atoms with Crippen molar-refractivity contribution in [3.8, 4) is 0 Å². The fourth-order valence-electron chi connectivity index (χ4n) is 0.860. The highest BCUT2D eigenvalue weighted by Crippen LogP contribution is 2.24. The molecule has 0 N–H and O–H groups in total. The van der Waals surface area contributed by atoms with Crippen LogP contribution in [0.15, 0.2) is 0 Å². The molecule has 0 saturated carbocycles. The number of thiazole rings is 1. The number of hydrogen-bond acceptors (Lipinski definition) is 5. The molecule has 4 nitrogen and oxygen atoms in total. The summed E-state index contributed by atoms with van der Waals surface area (Å²) in [5, 5.41) is 0.818. The Morgan fingerprint density at radius 3 is 2.54 bits per heavy atom. The number of ether oxygens (including phenoxy) is 1. The Balaban J connectivity index is 3.03. The summed E-state index contributed by atoms with van der Waals surface area (Å²) >= 11 is 1.48. The highest BCUT2D eigenvalue weighted by atomic mass is 32.1. The maximum absolute atomic E-state index is 11.2. The summed E-state index contributed by atoms with van der Waals surface area (Å²) in [4.78, 5) is 18.1. The lowest BCUT2D eigenvalue weighted by molar-refractivity contribution is 0.0594. The third-order valence-electron chi connectivity index (χ3n) is 1.55. The van der Waals surface area contributed by atoms with Crippen LogP contribution in [0, 0.1) is 6.92 Å². The van der Waals surface area contributed by atoms with Gasteiger partial charge in [-0.3, -0.25) is 0 Å². The molecule has 1 aromatic heterocycles. The molecule has 1 aromatic rings. The first kappa shape index (κ1) is 9.98. The van der Waals surface area contributed by atoms with E-state index < -0.39 is 0 Å². The van der Waals surface area contributed by atoms with E-state index >= 15 is 0 Å². The van der Waals surface area contributed by atoms with Gasteiger partial charge in [0, 0.05) is 19.0 Å². The van der Waals surface area contributed by atoms with Crippen molar-refractivity contribution in [1.82, 2.24) is 4.98 Å². The zero-order valence-corrected chi connectivity index (χ0v) is 8.94. The Morgan fingerprint density at radius 1 is 1.54 bits per heavy atom. The molecule has 0 aromatic carbocycles. The van der Waals surface area contributed by atoms with Crippen molar-refractivity contribution in [1.29, 1.82) is 0 Å². The van der Waals surface area contributed by atoms with Gasteiger partial charge < -0.3 is 9.64 Å². The molecule has 0 atom stereocenters. The highest BCUT2D eigenvalue weighted by molar-refractivity contribution is 7.15. The van der Waals surface area contributed by atoms with Crippen LogP contribution < -0.4 is 4.90 Å². The number of carbonyl (C=O) groups is 1. The summed E-state index contributed by atoms with van der Waals surface area (Å²) in [7, 11) is 5.13. The molecule has 72 valence electrons. The average Bonchev–Trinajstić information content (AvgIpc) is 2.46. The van der Waals surface area contributed by atoms with Gasteiger partial charge >= 0.3 is 5.97 Å². The lowest BCUT2D eigenvalue weighted by atomic mass is 10.4. The van der Waals surface area contributed by atoms with Crippen molar-refractivity contribution in [2.45, 2.75) is 6.92 Å². The van der Waals surface area contributed by atoms with Gasteiger partial charge in [0.05, 0.1) is 7.11 Å². The number of aromatic nitrogens is 1. The molecule has 0 aliphatic rings. The molecule has 0 aliphatic heterocycles. The van der Waals surface area contributed by atoms with Crippen molar-refractivity contribution in [3.05, 3.63) is 10.6 Å². The van der Waals surface area contributed by atoms with Crippen LogP contribution in [0.1, 0.15) is 15.4 Å². The van der Waals surface area contributed by atoms with Gasteiger partial charge in [0.1, 0.15) is 0 Å². The Bertz CT molecular complexity index is 320. The summed E-state index contributed by atoms with van der Waals surface area (Å²) in [5.41, 5.74) is 0.413. The molecule has 1 rings (SSSR count). The maximum atomic E-state index is 11.2. The SMILES string of the molecule is COC(=O)c1nc(N(C)C)sc1C. The molecular weight excluding hydrogens is 188 g/mol. The lowest BCUT2D eigenvalue weighted by Crippen LogP contribution is -2.09. The third-order valence-corrected chi connectivity index (χ3v) is 2.69. The highest BCUT2D eigenvalue weighted by Gasteiger charge is 2.16. The van der Waals surface area contributed by atoms with Crippen molar-refractivity contribution >= 4 is 22.4 Å². The van der Waals surface area contributed by atoms with E-state index in [2.05, 4.69) is 9.72 Å². The van der Waals surface area contributed by atoms with Gasteiger partial charge in [-0.05, 0) is 6.92 Å². The Labute approximate surface area is 81.2 Å². The summed E-state index contributed by atoms with van der Waals surface area (Å²) < 4.78 is 4.60. The second-order valence-corrected chi connectivity index (χ2v) is 3.97. The van der Waals surface area contributed by atoms with E-state index in [1.807, 2.05) is 25.9 Å². The first-order valence-corrected chi connectivity index (χ1v) is 4.61. The van der Waals surface area contributed by atoms with Gasteiger partial charge in [-0.15, -0.1) is 11.3 Å². The van der Waals surface area contributed by atoms with Crippen LogP contribution in [0.2, 0.25) is 0 Å². The number of nitrogens with zero attached hydrogens (tertiary/aromatic N) is 2. The monoisotopic (exact) mass is 200 g/mol. The molecule has 0 saturated heterocycles. The molecule has 0 bridgehead atoms. The molecule has 0 unspecified atom stereocenters. The zero-order valence-electron chi connectivity index (χ0n) is 8.12. The molecule has 0 fully saturated rings. The van der Waals surface area contributed by atoms with E-state index in [1.54, 1.807) is 0 Å². The van der Waals surface area contributed by atoms with Crippen LogP contribution in [0.4, 0.5) is 5.13 Å². The van der Waals surface area contributed by atoms with Crippen LogP contribution in [0.25, 0.3) is 0 Å². The third kappa shape index (κ3) is 1.98. The molecule has 13 heavy (non-hydrogen) atoms. The fourth-order valence-corrected chi connectivity index (χ4v) is 1.68. The summed E-state index contributed by atoms with van der Waals surface area (Å²) in [5.74, 6) is -0.373. The second kappa shape index (κ2) is 3.74. The number of methoxy groups -OCH3 is 1. The number of carbonyl (C=O) groups excluding carboxylic acids is 1. The van der Waals surface area contributed by atoms with E-state index in [1.165, 1.54) is 18.4 Å². The van der Waals surface area contributed by atoms with Crippen LogP contribution >= 0.6 is 11.3 Å². The predicted octanol–water partition coefficient (Wildman–Crippen LogP) is 1.30. The minimum atomic E-state index is -0.373. The van der Waals surface area contributed by atoms with Crippen LogP contribution in [0.5, 0.6) is 0 Å². The number of hydrogen-bond donors (Lipinski definition) is 0. The Hall–Kier alpha value is -1.10.